The van der Waals surface area contributed by atoms with Crippen molar-refractivity contribution in [2.45, 2.75) is 11.4 Å². The van der Waals surface area contributed by atoms with E-state index in [9.17, 15) is 12.8 Å². The van der Waals surface area contributed by atoms with Crippen LogP contribution in [0.5, 0.6) is 11.5 Å². The van der Waals surface area contributed by atoms with Crippen molar-refractivity contribution in [1.29, 1.82) is 0 Å². The van der Waals surface area contributed by atoms with E-state index in [-0.39, 0.29) is 18.0 Å². The van der Waals surface area contributed by atoms with Gasteiger partial charge in [0.05, 0.1) is 14.2 Å². The second kappa shape index (κ2) is 7.38. The standard InChI is InChI=1S/C16H17ClFNO4S/c1-19(10-11-5-4-6-12(17)7-11)24(20,21)16-9-15(23-3)14(22-2)8-13(16)18/h4-9H,10H2,1-3H3. The number of ether oxygens (including phenoxy) is 2. The highest BCUT2D eigenvalue weighted by molar-refractivity contribution is 7.89. The molecule has 0 aliphatic heterocycles. The maximum Gasteiger partial charge on any atom is 0.246 e. The van der Waals surface area contributed by atoms with Gasteiger partial charge in [-0.15, -0.1) is 0 Å². The van der Waals surface area contributed by atoms with Gasteiger partial charge in [-0.25, -0.2) is 12.8 Å². The smallest absolute Gasteiger partial charge is 0.246 e. The molecule has 0 fully saturated rings. The lowest BCUT2D eigenvalue weighted by molar-refractivity contribution is 0.349. The van der Waals surface area contributed by atoms with Gasteiger partial charge in [0, 0.05) is 30.7 Å². The third-order valence-corrected chi connectivity index (χ3v) is 5.47. The third-order valence-electron chi connectivity index (χ3n) is 3.42. The summed E-state index contributed by atoms with van der Waals surface area (Å²) in [7, 11) is 0.00190. The SMILES string of the molecule is COc1cc(F)c(S(=O)(=O)N(C)Cc2cccc(Cl)c2)cc1OC. The van der Waals surface area contributed by atoms with Gasteiger partial charge in [-0.05, 0) is 17.7 Å². The highest BCUT2D eigenvalue weighted by Gasteiger charge is 2.27. The molecular formula is C16H17ClFNO4S. The second-order valence-electron chi connectivity index (χ2n) is 5.03. The molecule has 0 radical (unpaired) electrons. The van der Waals surface area contributed by atoms with E-state index >= 15 is 0 Å². The molecular weight excluding hydrogens is 357 g/mol. The Morgan fingerprint density at radius 3 is 2.33 bits per heavy atom. The Morgan fingerprint density at radius 2 is 1.75 bits per heavy atom. The van der Waals surface area contributed by atoms with E-state index in [0.717, 1.165) is 16.4 Å². The summed E-state index contributed by atoms with van der Waals surface area (Å²) >= 11 is 5.90. The summed E-state index contributed by atoms with van der Waals surface area (Å²) in [6, 6.07) is 8.89. The van der Waals surface area contributed by atoms with Crippen LogP contribution in [0.3, 0.4) is 0 Å². The van der Waals surface area contributed by atoms with Gasteiger partial charge >= 0.3 is 0 Å². The number of methoxy groups -OCH3 is 2. The summed E-state index contributed by atoms with van der Waals surface area (Å²) in [6.45, 7) is 0.0523. The van der Waals surface area contributed by atoms with Crippen molar-refractivity contribution >= 4 is 21.6 Å². The largest absolute Gasteiger partial charge is 0.493 e. The van der Waals surface area contributed by atoms with E-state index in [1.807, 2.05) is 0 Å². The molecule has 0 aliphatic carbocycles. The number of halogens is 2. The molecule has 5 nitrogen and oxygen atoms in total. The molecule has 0 saturated carbocycles. The first-order valence-electron chi connectivity index (χ1n) is 6.92. The van der Waals surface area contributed by atoms with E-state index in [0.29, 0.717) is 10.6 Å². The molecule has 0 saturated heterocycles. The molecule has 0 spiro atoms. The fraction of sp³-hybridized carbons (Fsp3) is 0.250. The van der Waals surface area contributed by atoms with Crippen molar-refractivity contribution in [3.63, 3.8) is 0 Å². The fourth-order valence-electron chi connectivity index (χ4n) is 2.18. The molecule has 2 rings (SSSR count). The van der Waals surface area contributed by atoms with Crippen molar-refractivity contribution < 1.29 is 22.3 Å². The normalized spacial score (nSPS) is 11.6. The number of benzene rings is 2. The number of rotatable bonds is 6. The second-order valence-corrected chi connectivity index (χ2v) is 7.48. The first-order valence-corrected chi connectivity index (χ1v) is 8.73. The average molecular weight is 374 g/mol. The fourth-order valence-corrected chi connectivity index (χ4v) is 3.61. The first-order chi connectivity index (χ1) is 11.3. The Bertz CT molecular complexity index is 842. The minimum Gasteiger partial charge on any atom is -0.493 e. The van der Waals surface area contributed by atoms with E-state index < -0.39 is 20.7 Å². The minimum absolute atomic E-state index is 0.0523. The minimum atomic E-state index is -4.06. The number of hydrogen-bond donors (Lipinski definition) is 0. The van der Waals surface area contributed by atoms with Crippen molar-refractivity contribution in [2.24, 2.45) is 0 Å². The predicted octanol–water partition coefficient (Wildman–Crippen LogP) is 3.32. The van der Waals surface area contributed by atoms with Crippen molar-refractivity contribution in [3.05, 3.63) is 52.8 Å². The van der Waals surface area contributed by atoms with Crippen molar-refractivity contribution in [3.8, 4) is 11.5 Å². The molecule has 24 heavy (non-hydrogen) atoms. The van der Waals surface area contributed by atoms with E-state index in [4.69, 9.17) is 21.1 Å². The van der Waals surface area contributed by atoms with Gasteiger partial charge in [0.1, 0.15) is 10.7 Å². The molecule has 0 bridgehead atoms. The average Bonchev–Trinajstić information content (AvgIpc) is 2.54. The number of nitrogens with zero attached hydrogens (tertiary/aromatic N) is 1. The van der Waals surface area contributed by atoms with Gasteiger partial charge in [0.2, 0.25) is 10.0 Å². The van der Waals surface area contributed by atoms with Gasteiger partial charge in [0.25, 0.3) is 0 Å². The van der Waals surface area contributed by atoms with Crippen LogP contribution in [0.2, 0.25) is 5.02 Å². The van der Waals surface area contributed by atoms with Crippen molar-refractivity contribution in [1.82, 2.24) is 4.31 Å². The molecule has 0 aliphatic rings. The topological polar surface area (TPSA) is 55.8 Å². The zero-order valence-corrected chi connectivity index (χ0v) is 15.0. The monoisotopic (exact) mass is 373 g/mol. The highest BCUT2D eigenvalue weighted by Crippen LogP contribution is 2.33. The maximum absolute atomic E-state index is 14.2. The summed E-state index contributed by atoms with van der Waals surface area (Å²) in [5.41, 5.74) is 0.689. The molecule has 0 heterocycles. The van der Waals surface area contributed by atoms with Gasteiger partial charge in [0.15, 0.2) is 11.5 Å². The van der Waals surface area contributed by atoms with E-state index in [1.165, 1.54) is 21.3 Å². The first kappa shape index (κ1) is 18.5. The van der Waals surface area contributed by atoms with Crippen molar-refractivity contribution in [2.75, 3.05) is 21.3 Å². The molecule has 2 aromatic carbocycles. The molecule has 8 heteroatoms. The molecule has 0 atom stereocenters. The summed E-state index contributed by atoms with van der Waals surface area (Å²) in [4.78, 5) is -0.482. The highest BCUT2D eigenvalue weighted by atomic mass is 35.5. The third kappa shape index (κ3) is 3.80. The number of sulfonamides is 1. The van der Waals surface area contributed by atoms with Crippen LogP contribution in [-0.2, 0) is 16.6 Å². The molecule has 0 unspecified atom stereocenters. The van der Waals surface area contributed by atoms with Crippen LogP contribution in [-0.4, -0.2) is 34.0 Å². The van der Waals surface area contributed by atoms with Crippen LogP contribution in [0.4, 0.5) is 4.39 Å². The molecule has 0 aromatic heterocycles. The summed E-state index contributed by atoms with van der Waals surface area (Å²) in [5.74, 6) is -0.661. The van der Waals surface area contributed by atoms with Crippen LogP contribution < -0.4 is 9.47 Å². The Hall–Kier alpha value is -1.83. The quantitative estimate of drug-likeness (QED) is 0.779. The van der Waals surface area contributed by atoms with Gasteiger partial charge in [-0.1, -0.05) is 23.7 Å². The number of hydrogen-bond acceptors (Lipinski definition) is 4. The maximum atomic E-state index is 14.2. The van der Waals surface area contributed by atoms with Gasteiger partial charge in [-0.2, -0.15) is 4.31 Å². The zero-order valence-electron chi connectivity index (χ0n) is 13.4. The van der Waals surface area contributed by atoms with E-state index in [2.05, 4.69) is 0 Å². The van der Waals surface area contributed by atoms with Crippen LogP contribution in [0, 0.1) is 5.82 Å². The van der Waals surface area contributed by atoms with Crippen LogP contribution in [0.25, 0.3) is 0 Å². The summed E-state index contributed by atoms with van der Waals surface area (Å²) in [5, 5.41) is 0.496. The van der Waals surface area contributed by atoms with Gasteiger partial charge in [-0.3, -0.25) is 0 Å². The zero-order chi connectivity index (χ0) is 17.9. The Labute approximate surface area is 145 Å². The lowest BCUT2D eigenvalue weighted by Gasteiger charge is -2.19. The Kier molecular flexibility index (Phi) is 5.69. The van der Waals surface area contributed by atoms with Gasteiger partial charge < -0.3 is 9.47 Å². The molecule has 130 valence electrons. The predicted molar refractivity (Wildman–Crippen MR) is 89.6 cm³/mol. The lowest BCUT2D eigenvalue weighted by atomic mass is 10.2. The van der Waals surface area contributed by atoms with Crippen LogP contribution >= 0.6 is 11.6 Å². The lowest BCUT2D eigenvalue weighted by Crippen LogP contribution is -2.27. The molecule has 0 N–H and O–H groups in total. The Balaban J connectivity index is 2.39. The van der Waals surface area contributed by atoms with Crippen LogP contribution in [0.1, 0.15) is 5.56 Å². The molecule has 2 aromatic rings. The summed E-state index contributed by atoms with van der Waals surface area (Å²) in [6.07, 6.45) is 0. The molecule has 0 amide bonds. The summed E-state index contributed by atoms with van der Waals surface area (Å²) < 4.78 is 50.6. The van der Waals surface area contributed by atoms with E-state index in [1.54, 1.807) is 24.3 Å². The Morgan fingerprint density at radius 1 is 1.12 bits per heavy atom. The van der Waals surface area contributed by atoms with Crippen LogP contribution in [0.15, 0.2) is 41.3 Å².